The smallest absolute Gasteiger partial charge is 0.264 e. The number of carbonyl (C=O) groups is 10. The molecule has 730 valence electrons. The van der Waals surface area contributed by atoms with Crippen LogP contribution in [0.4, 0.5) is 0 Å². The number of hydrogen-bond acceptors (Lipinski definition) is 18. The number of benzene rings is 7. The van der Waals surface area contributed by atoms with E-state index in [1.54, 1.807) is 95.4 Å². The lowest BCUT2D eigenvalue weighted by Crippen LogP contribution is -2.62. The molecule has 9 atom stereocenters. The number of ether oxygens (including phenoxy) is 3. The zero-order chi connectivity index (χ0) is 99.1. The summed E-state index contributed by atoms with van der Waals surface area (Å²) in [6, 6.07) is 40.7. The molecule has 2 saturated heterocycles. The van der Waals surface area contributed by atoms with Crippen molar-refractivity contribution < 1.29 is 70.6 Å². The summed E-state index contributed by atoms with van der Waals surface area (Å²) in [5.41, 5.74) is 11.1. The number of hydrogen-bond donors (Lipinski definition) is 13. The monoisotopic (exact) mass is 1900 g/mol. The molecule has 3 aromatic heterocycles. The number of nitrogens with two attached hydrogens (primary N) is 1. The summed E-state index contributed by atoms with van der Waals surface area (Å²) in [6.45, 7) is 23.4. The van der Waals surface area contributed by atoms with E-state index in [1.165, 1.54) is 4.90 Å². The molecule has 6 heterocycles. The zero-order valence-corrected chi connectivity index (χ0v) is 81.3. The van der Waals surface area contributed by atoms with Crippen LogP contribution in [0, 0.1) is 32.1 Å². The topological polar surface area (TPSA) is 457 Å². The van der Waals surface area contributed by atoms with Crippen LogP contribution in [0.25, 0.3) is 10.9 Å². The summed E-state index contributed by atoms with van der Waals surface area (Å²) in [6.07, 6.45) is 8.73. The summed E-state index contributed by atoms with van der Waals surface area (Å²) in [5, 5.41) is 35.4. The van der Waals surface area contributed by atoms with Gasteiger partial charge < -0.3 is 86.8 Å². The van der Waals surface area contributed by atoms with E-state index in [0.717, 1.165) is 27.8 Å². The molecule has 7 aromatic carbocycles. The number of sulfonamides is 1. The lowest BCUT2D eigenvalue weighted by Gasteiger charge is -2.37. The van der Waals surface area contributed by atoms with Crippen molar-refractivity contribution in [2.24, 2.45) is 11.7 Å². The van der Waals surface area contributed by atoms with Crippen LogP contribution in [-0.2, 0) is 107 Å². The Labute approximate surface area is 805 Å². The average Bonchev–Trinajstić information content (AvgIpc) is 1.38. The van der Waals surface area contributed by atoms with Crippen LogP contribution in [0.15, 0.2) is 206 Å². The minimum absolute atomic E-state index is 0.0224. The van der Waals surface area contributed by atoms with Gasteiger partial charge in [0.15, 0.2) is 0 Å². The molecule has 14 N–H and O–H groups in total. The number of likely N-dealkylation sites (tertiary alicyclic amines) is 1. The minimum Gasteiger partial charge on any atom is -0.488 e. The van der Waals surface area contributed by atoms with Gasteiger partial charge in [-0.2, -0.15) is 0 Å². The first kappa shape index (κ1) is 101. The molecule has 34 heteroatoms. The highest BCUT2D eigenvalue weighted by atomic mass is 32.2. The second-order valence-electron chi connectivity index (χ2n) is 39.0. The fraction of sp³-hybridized carbons (Fsp3) is 0.413. The van der Waals surface area contributed by atoms with E-state index in [4.69, 9.17) is 35.3 Å². The van der Waals surface area contributed by atoms with Crippen LogP contribution in [0.5, 0.6) is 11.5 Å². The number of primary amides is 1. The predicted octanol–water partition coefficient (Wildman–Crippen LogP) is 8.83. The van der Waals surface area contributed by atoms with Crippen molar-refractivity contribution in [2.75, 3.05) is 19.7 Å². The summed E-state index contributed by atoms with van der Waals surface area (Å²) in [7, 11) is -4.35. The van der Waals surface area contributed by atoms with Crippen molar-refractivity contribution in [3.63, 3.8) is 0 Å². The Morgan fingerprint density at radius 2 is 1.13 bits per heavy atom. The second kappa shape index (κ2) is 44.0. The number of nitrogens with zero attached hydrogens (tertiary/aromatic N) is 5. The number of amides is 10. The first-order valence-corrected chi connectivity index (χ1v) is 48.5. The van der Waals surface area contributed by atoms with Gasteiger partial charge in [-0.25, -0.2) is 23.1 Å². The molecule has 3 aliphatic heterocycles. The standard InChI is InChI=1S/C104H128N18O15S/c1-63(2)50-81(93(126)112-80(99(132)122-49-29-41-87(122)91(105)124)40-28-48-107-100(106)119-138(133,134)90-65(4)64(3)89-77(66(90)5)55-103(12,13)137-89)113-96(129)84(53-73-58-120(61-109-73)57-68-30-18-14-19-31-68)117-94(127)82(51-67-42-44-75(45-43-67)136-102(9,10)11)114-98(131)86(60-135-101(6,7)8)118-95(128)83(52-69-56-108-78-39-27-26-38-76(69)78)115-97(130)85(116-92(125)79-46-47-88(123)111-79)54-74-59-121(62-110-74)104(70-32-20-15-21-33-70,71-34-22-16-23-35-71)72-36-24-17-25-37-72/h14-27,30-39,42-45,56,58-59,61-63,79-87,108H,28-29,40-41,46-55,57,60H2,1-13H3,(H2,105,124)(H,111,123)(H,112,126)(H,113,129)(H,114,131)(H,115,130)(H,116,125)(H,117,127)(H,118,128)(H3,106,107,119)/t79-,80-,81-,82-,83-,84+,85-,86-,87-/m0/s1. The summed E-state index contributed by atoms with van der Waals surface area (Å²) < 4.78 is 53.3. The molecule has 2 fully saturated rings. The lowest BCUT2D eigenvalue weighted by molar-refractivity contribution is -0.141. The minimum atomic E-state index is -4.35. The van der Waals surface area contributed by atoms with Gasteiger partial charge in [0.2, 0.25) is 65.0 Å². The van der Waals surface area contributed by atoms with Gasteiger partial charge in [-0.05, 0) is 189 Å². The van der Waals surface area contributed by atoms with Gasteiger partial charge in [0.05, 0.1) is 41.1 Å². The van der Waals surface area contributed by atoms with Crippen LogP contribution in [0.1, 0.15) is 181 Å². The van der Waals surface area contributed by atoms with Crippen LogP contribution in [0.2, 0.25) is 0 Å². The Balaban J connectivity index is 0.798. The highest BCUT2D eigenvalue weighted by Gasteiger charge is 2.44. The van der Waals surface area contributed by atoms with E-state index in [0.29, 0.717) is 81.0 Å². The summed E-state index contributed by atoms with van der Waals surface area (Å²) in [4.78, 5) is 164. The second-order valence-corrected chi connectivity index (χ2v) is 40.6. The maximum Gasteiger partial charge on any atom is 0.264 e. The molecule has 0 bridgehead atoms. The Kier molecular flexibility index (Phi) is 32.3. The van der Waals surface area contributed by atoms with E-state index >= 15 is 28.8 Å². The van der Waals surface area contributed by atoms with Crippen molar-refractivity contribution in [2.45, 2.75) is 255 Å². The van der Waals surface area contributed by atoms with Crippen LogP contribution < -0.4 is 67.8 Å². The highest BCUT2D eigenvalue weighted by Crippen LogP contribution is 2.45. The molecular weight excluding hydrogens is 1770 g/mol. The molecule has 0 spiro atoms. The van der Waals surface area contributed by atoms with Crippen LogP contribution >= 0.6 is 0 Å². The molecule has 3 aliphatic rings. The number of rotatable bonds is 41. The number of aromatic amines is 1. The zero-order valence-electron chi connectivity index (χ0n) is 80.5. The predicted molar refractivity (Wildman–Crippen MR) is 523 cm³/mol. The number of guanidine groups is 1. The third kappa shape index (κ3) is 25.6. The van der Waals surface area contributed by atoms with Gasteiger partial charge in [0, 0.05) is 93.2 Å². The van der Waals surface area contributed by atoms with Crippen LogP contribution in [0.3, 0.4) is 0 Å². The highest BCUT2D eigenvalue weighted by molar-refractivity contribution is 7.90. The molecule has 13 rings (SSSR count). The fourth-order valence-electron chi connectivity index (χ4n) is 18.2. The lowest BCUT2D eigenvalue weighted by atomic mass is 9.77. The number of para-hydroxylation sites is 1. The molecule has 138 heavy (non-hydrogen) atoms. The van der Waals surface area contributed by atoms with Crippen molar-refractivity contribution in [1.82, 2.24) is 81.6 Å². The number of imidazole rings is 2. The summed E-state index contributed by atoms with van der Waals surface area (Å²) >= 11 is 0. The van der Waals surface area contributed by atoms with Gasteiger partial charge in [-0.3, -0.25) is 53.4 Å². The van der Waals surface area contributed by atoms with E-state index < -0.39 is 152 Å². The largest absolute Gasteiger partial charge is 0.488 e. The molecule has 10 amide bonds. The SMILES string of the molecule is Cc1c(C)c(S(=O)(=O)NC(=N)NCCC[C@H](NC(=O)[C@H](CC(C)C)NC(=O)[C@@H](Cc2cn(Cc3ccccc3)cn2)NC(=O)[C@H](Cc2ccc(OC(C)(C)C)cc2)NC(=O)[C@H](COC(C)(C)C)NC(=O)[C@H](Cc2c[nH]c3ccccc23)NC(=O)[C@H](Cc2cn(C(c3ccccc3)(c3ccccc3)c3ccccc3)cn2)NC(=O)[C@@H]2CCC(=O)N2)C(=O)N2CCC[C@H]2C(N)=O)c(C)c2c1OC(C)(C)C2. The van der Waals surface area contributed by atoms with E-state index in [-0.39, 0.29) is 94.0 Å². The third-order valence-electron chi connectivity index (χ3n) is 25.0. The maximum absolute atomic E-state index is 16.0. The first-order chi connectivity index (χ1) is 65.6. The van der Waals surface area contributed by atoms with E-state index in [2.05, 4.69) is 57.6 Å². The van der Waals surface area contributed by atoms with Gasteiger partial charge in [0.1, 0.15) is 82.6 Å². The fourth-order valence-corrected chi connectivity index (χ4v) is 19.7. The number of aromatic nitrogens is 5. The maximum atomic E-state index is 16.0. The molecule has 33 nitrogen and oxygen atoms in total. The Hall–Kier alpha value is -14.0. The normalized spacial score (nSPS) is 16.3. The van der Waals surface area contributed by atoms with Crippen molar-refractivity contribution in [1.29, 1.82) is 5.41 Å². The molecule has 0 radical (unpaired) electrons. The quantitative estimate of drug-likeness (QED) is 0.00736. The third-order valence-corrected chi connectivity index (χ3v) is 26.6. The molecular formula is C104H128N18O15S. The van der Waals surface area contributed by atoms with E-state index in [9.17, 15) is 27.6 Å². The van der Waals surface area contributed by atoms with Gasteiger partial charge in [0.25, 0.3) is 10.0 Å². The van der Waals surface area contributed by atoms with Crippen molar-refractivity contribution in [3.05, 3.63) is 268 Å². The van der Waals surface area contributed by atoms with Crippen molar-refractivity contribution in [3.8, 4) is 11.5 Å². The number of carbonyl (C=O) groups excluding carboxylic acids is 10. The first-order valence-electron chi connectivity index (χ1n) is 47.0. The Bertz CT molecular complexity index is 6080. The van der Waals surface area contributed by atoms with Gasteiger partial charge >= 0.3 is 0 Å². The van der Waals surface area contributed by atoms with Crippen molar-refractivity contribution >= 4 is 86.0 Å². The summed E-state index contributed by atoms with van der Waals surface area (Å²) in [5.74, 6) is -7.48. The van der Waals surface area contributed by atoms with Crippen LogP contribution in [-0.4, -0.2) is 193 Å². The Morgan fingerprint density at radius 1 is 0.601 bits per heavy atom. The molecule has 10 aromatic rings. The number of H-pyrrole nitrogens is 1. The Morgan fingerprint density at radius 3 is 1.71 bits per heavy atom. The molecule has 0 aliphatic carbocycles. The molecule has 0 saturated carbocycles. The number of nitrogens with one attached hydrogen (secondary N) is 12. The van der Waals surface area contributed by atoms with Gasteiger partial charge in [-0.15, -0.1) is 0 Å². The van der Waals surface area contributed by atoms with Gasteiger partial charge in [-0.1, -0.05) is 166 Å². The van der Waals surface area contributed by atoms with E-state index in [1.807, 2.05) is 205 Å². The number of fused-ring (bicyclic) bond motifs is 2. The average molecular weight is 1900 g/mol. The molecule has 0 unspecified atom stereocenters.